The number of fused-ring (bicyclic) bond motifs is 1. The Morgan fingerprint density at radius 1 is 0.800 bits per heavy atom. The predicted molar refractivity (Wildman–Crippen MR) is 150 cm³/mol. The summed E-state index contributed by atoms with van der Waals surface area (Å²) in [5.74, 6) is 3.53. The zero-order valence-electron chi connectivity index (χ0n) is 23.7. The third-order valence-corrected chi connectivity index (χ3v) is 7.54. The lowest BCUT2D eigenvalue weighted by atomic mass is 9.92. The molecule has 1 fully saturated rings. The lowest BCUT2D eigenvalue weighted by molar-refractivity contribution is 0.0253. The Morgan fingerprint density at radius 3 is 2.00 bits per heavy atom. The van der Waals surface area contributed by atoms with Crippen molar-refractivity contribution in [1.29, 1.82) is 0 Å². The van der Waals surface area contributed by atoms with Gasteiger partial charge in [0.15, 0.2) is 17.0 Å². The summed E-state index contributed by atoms with van der Waals surface area (Å²) in [7, 11) is 8.34. The fraction of sp³-hybridized carbons (Fsp3) is 0.448. The first kappa shape index (κ1) is 27.4. The molecule has 1 aliphatic rings. The van der Waals surface area contributed by atoms with Crippen molar-refractivity contribution in [3.05, 3.63) is 53.9 Å². The van der Waals surface area contributed by atoms with Gasteiger partial charge >= 0.3 is 0 Å². The van der Waals surface area contributed by atoms with Crippen LogP contribution in [0.3, 0.4) is 0 Å². The Bertz CT molecular complexity index is 1390. The molecule has 2 aromatic heterocycles. The van der Waals surface area contributed by atoms with Gasteiger partial charge in [-0.1, -0.05) is 18.1 Å². The number of hydrogen-bond donors (Lipinski definition) is 0. The molecule has 0 spiro atoms. The van der Waals surface area contributed by atoms with Crippen molar-refractivity contribution in [3.8, 4) is 23.0 Å². The third-order valence-electron chi connectivity index (χ3n) is 7.54. The molecule has 2 heterocycles. The fourth-order valence-electron chi connectivity index (χ4n) is 5.42. The zero-order chi connectivity index (χ0) is 28.1. The van der Waals surface area contributed by atoms with Crippen LogP contribution >= 0.6 is 0 Å². The molecule has 0 amide bonds. The number of methoxy groups -OCH3 is 5. The summed E-state index contributed by atoms with van der Waals surface area (Å²) in [5, 5.41) is 9.16. The number of anilines is 1. The van der Waals surface area contributed by atoms with Crippen LogP contribution in [0.25, 0.3) is 11.2 Å². The van der Waals surface area contributed by atoms with Crippen LogP contribution in [0.5, 0.6) is 23.0 Å². The molecule has 212 valence electrons. The van der Waals surface area contributed by atoms with Crippen LogP contribution in [0.15, 0.2) is 42.7 Å². The molecule has 11 nitrogen and oxygen atoms in total. The maximum Gasteiger partial charge on any atom is 0.184 e. The van der Waals surface area contributed by atoms with Crippen molar-refractivity contribution in [2.24, 2.45) is 0 Å². The van der Waals surface area contributed by atoms with Gasteiger partial charge in [0.25, 0.3) is 0 Å². The molecule has 0 bridgehead atoms. The van der Waals surface area contributed by atoms with Crippen LogP contribution in [-0.4, -0.2) is 66.6 Å². The summed E-state index contributed by atoms with van der Waals surface area (Å²) in [6.07, 6.45) is 5.85. The Morgan fingerprint density at radius 2 is 1.43 bits per heavy atom. The number of hydrogen-bond acceptors (Lipinski definition) is 10. The fourth-order valence-corrected chi connectivity index (χ4v) is 5.42. The quantitative estimate of drug-likeness (QED) is 0.264. The largest absolute Gasteiger partial charge is 0.497 e. The van der Waals surface area contributed by atoms with Crippen LogP contribution < -0.4 is 23.8 Å². The Labute approximate surface area is 234 Å². The van der Waals surface area contributed by atoms with E-state index >= 15 is 0 Å². The second-order valence-corrected chi connectivity index (χ2v) is 9.74. The van der Waals surface area contributed by atoms with Crippen molar-refractivity contribution in [2.75, 3.05) is 40.4 Å². The summed E-state index contributed by atoms with van der Waals surface area (Å²) in [6.45, 7) is 0.955. The van der Waals surface area contributed by atoms with Gasteiger partial charge in [0.05, 0.1) is 40.6 Å². The van der Waals surface area contributed by atoms with Crippen LogP contribution in [0, 0.1) is 0 Å². The normalized spacial score (nSPS) is 17.0. The van der Waals surface area contributed by atoms with Crippen molar-refractivity contribution in [1.82, 2.24) is 25.0 Å². The van der Waals surface area contributed by atoms with Gasteiger partial charge in [-0.25, -0.2) is 14.6 Å². The van der Waals surface area contributed by atoms with Crippen molar-refractivity contribution in [3.63, 3.8) is 0 Å². The SMILES string of the molecule is COc1ccc(CN(Cc2ccc(OC)cc2OC)c2ncnc3c2nnn3C2CCCCC2OC)c(OC)c1. The Hall–Kier alpha value is -4.12. The van der Waals surface area contributed by atoms with Crippen molar-refractivity contribution in [2.45, 2.75) is 50.9 Å². The van der Waals surface area contributed by atoms with E-state index in [1.165, 1.54) is 0 Å². The van der Waals surface area contributed by atoms with Crippen molar-refractivity contribution < 1.29 is 23.7 Å². The van der Waals surface area contributed by atoms with Gasteiger partial charge < -0.3 is 28.6 Å². The van der Waals surface area contributed by atoms with Crippen LogP contribution in [0.2, 0.25) is 0 Å². The smallest absolute Gasteiger partial charge is 0.184 e. The average Bonchev–Trinajstić information content (AvgIpc) is 3.45. The molecule has 1 aliphatic carbocycles. The maximum atomic E-state index is 5.81. The average molecular weight is 549 g/mol. The molecular formula is C29H36N6O5. The van der Waals surface area contributed by atoms with Gasteiger partial charge in [-0.05, 0) is 37.1 Å². The van der Waals surface area contributed by atoms with E-state index in [2.05, 4.69) is 20.2 Å². The van der Waals surface area contributed by atoms with E-state index in [4.69, 9.17) is 28.7 Å². The van der Waals surface area contributed by atoms with Crippen LogP contribution in [-0.2, 0) is 17.8 Å². The second-order valence-electron chi connectivity index (χ2n) is 9.74. The maximum absolute atomic E-state index is 5.81. The van der Waals surface area contributed by atoms with Crippen LogP contribution in [0.4, 0.5) is 5.82 Å². The van der Waals surface area contributed by atoms with Gasteiger partial charge in [-0.3, -0.25) is 0 Å². The summed E-state index contributed by atoms with van der Waals surface area (Å²) < 4.78 is 30.0. The van der Waals surface area contributed by atoms with E-state index in [1.54, 1.807) is 41.9 Å². The zero-order valence-corrected chi connectivity index (χ0v) is 23.7. The highest BCUT2D eigenvalue weighted by molar-refractivity contribution is 5.82. The molecule has 2 unspecified atom stereocenters. The number of rotatable bonds is 11. The lowest BCUT2D eigenvalue weighted by Gasteiger charge is -2.30. The van der Waals surface area contributed by atoms with E-state index in [0.717, 1.165) is 48.3 Å². The van der Waals surface area contributed by atoms with Crippen LogP contribution in [0.1, 0.15) is 42.9 Å². The monoisotopic (exact) mass is 548 g/mol. The highest BCUT2D eigenvalue weighted by Crippen LogP contribution is 2.35. The summed E-state index contributed by atoms with van der Waals surface area (Å²) >= 11 is 0. The minimum absolute atomic E-state index is 0.0697. The molecule has 1 saturated carbocycles. The number of ether oxygens (including phenoxy) is 5. The molecule has 5 rings (SSSR count). The number of benzene rings is 2. The molecule has 40 heavy (non-hydrogen) atoms. The number of nitrogens with zero attached hydrogens (tertiary/aromatic N) is 6. The highest BCUT2D eigenvalue weighted by Gasteiger charge is 2.30. The molecule has 2 aromatic carbocycles. The standard InChI is InChI=1S/C29H36N6O5/c1-36-21-12-10-19(25(14-21)39-4)16-34(17-20-11-13-22(37-2)15-26(20)40-5)28-27-29(31-18-30-28)35(33-32-27)23-8-6-7-9-24(23)38-3/h10-15,18,23-24H,6-9,16-17H2,1-5H3. The van der Waals surface area contributed by atoms with Gasteiger partial charge in [0.2, 0.25) is 0 Å². The predicted octanol–water partition coefficient (Wildman–Crippen LogP) is 4.59. The van der Waals surface area contributed by atoms with E-state index in [-0.39, 0.29) is 12.1 Å². The molecule has 11 heteroatoms. The van der Waals surface area contributed by atoms with Gasteiger partial charge in [0.1, 0.15) is 29.3 Å². The van der Waals surface area contributed by atoms with E-state index < -0.39 is 0 Å². The third kappa shape index (κ3) is 5.46. The molecule has 4 aromatic rings. The minimum Gasteiger partial charge on any atom is -0.497 e. The first-order valence-corrected chi connectivity index (χ1v) is 13.4. The summed E-state index contributed by atoms with van der Waals surface area (Å²) in [4.78, 5) is 11.5. The van der Waals surface area contributed by atoms with Gasteiger partial charge in [-0.15, -0.1) is 5.10 Å². The summed E-state index contributed by atoms with van der Waals surface area (Å²) in [6, 6.07) is 11.7. The summed E-state index contributed by atoms with van der Waals surface area (Å²) in [5.41, 5.74) is 3.23. The van der Waals surface area contributed by atoms with E-state index in [9.17, 15) is 0 Å². The van der Waals surface area contributed by atoms with Gasteiger partial charge in [0, 0.05) is 43.5 Å². The lowest BCUT2D eigenvalue weighted by Crippen LogP contribution is -2.30. The first-order valence-electron chi connectivity index (χ1n) is 13.4. The highest BCUT2D eigenvalue weighted by atomic mass is 16.5. The topological polar surface area (TPSA) is 106 Å². The van der Waals surface area contributed by atoms with E-state index in [0.29, 0.717) is 41.6 Å². The molecule has 2 atom stereocenters. The first-order chi connectivity index (χ1) is 19.6. The van der Waals surface area contributed by atoms with Gasteiger partial charge in [-0.2, -0.15) is 0 Å². The van der Waals surface area contributed by atoms with Crippen molar-refractivity contribution >= 4 is 17.0 Å². The minimum atomic E-state index is 0.0697. The molecule has 0 saturated heterocycles. The van der Waals surface area contributed by atoms with E-state index in [1.807, 2.05) is 41.1 Å². The second kappa shape index (κ2) is 12.4. The molecular weight excluding hydrogens is 512 g/mol. The molecule has 0 radical (unpaired) electrons. The molecule has 0 aliphatic heterocycles. The molecule has 0 N–H and O–H groups in total. The Kier molecular flexibility index (Phi) is 8.49. The number of aromatic nitrogens is 5. The Balaban J connectivity index is 1.59.